The van der Waals surface area contributed by atoms with E-state index in [0.29, 0.717) is 0 Å². The fourth-order valence-electron chi connectivity index (χ4n) is 2.56. The molecule has 0 radical (unpaired) electrons. The Morgan fingerprint density at radius 1 is 1.20 bits per heavy atom. The van der Waals surface area contributed by atoms with E-state index in [-0.39, 0.29) is 0 Å². The number of aromatic nitrogens is 3. The van der Waals surface area contributed by atoms with Crippen LogP contribution in [-0.2, 0) is 6.54 Å². The lowest BCUT2D eigenvalue weighted by Gasteiger charge is -2.35. The topological polar surface area (TPSA) is 58.3 Å². The van der Waals surface area contributed by atoms with Gasteiger partial charge in [-0.1, -0.05) is 5.16 Å². The molecule has 0 bridgehead atoms. The van der Waals surface area contributed by atoms with E-state index in [1.165, 1.54) is 5.56 Å². The number of anilines is 1. The normalized spacial score (nSPS) is 16.6. The average Bonchev–Trinajstić information content (AvgIpc) is 2.81. The molecule has 0 spiro atoms. The number of hydrogen-bond donors (Lipinski definition) is 0. The minimum atomic E-state index is 0.915. The largest absolute Gasteiger partial charge is 0.361 e. The van der Waals surface area contributed by atoms with Gasteiger partial charge < -0.3 is 9.42 Å². The Hall–Kier alpha value is -1.95. The maximum Gasteiger partial charge on any atom is 0.138 e. The SMILES string of the molecule is Cc1noc(C)c1CN1CCN(c2ccncn2)CC1. The zero-order chi connectivity index (χ0) is 13.9. The van der Waals surface area contributed by atoms with E-state index < -0.39 is 0 Å². The molecule has 1 fully saturated rings. The van der Waals surface area contributed by atoms with Gasteiger partial charge in [-0.15, -0.1) is 0 Å². The van der Waals surface area contributed by atoms with E-state index in [0.717, 1.165) is 50.0 Å². The first kappa shape index (κ1) is 13.1. The van der Waals surface area contributed by atoms with E-state index in [1.807, 2.05) is 19.9 Å². The summed E-state index contributed by atoms with van der Waals surface area (Å²) in [6, 6.07) is 1.96. The predicted molar refractivity (Wildman–Crippen MR) is 75.5 cm³/mol. The number of aryl methyl sites for hydroxylation is 2. The number of piperazine rings is 1. The minimum absolute atomic E-state index is 0.915. The smallest absolute Gasteiger partial charge is 0.138 e. The van der Waals surface area contributed by atoms with Crippen LogP contribution in [0.15, 0.2) is 23.1 Å². The van der Waals surface area contributed by atoms with Crippen LogP contribution in [0.4, 0.5) is 5.82 Å². The van der Waals surface area contributed by atoms with Crippen molar-refractivity contribution in [2.75, 3.05) is 31.1 Å². The summed E-state index contributed by atoms with van der Waals surface area (Å²) in [5.74, 6) is 1.94. The number of hydrogen-bond acceptors (Lipinski definition) is 6. The lowest BCUT2D eigenvalue weighted by atomic mass is 10.2. The maximum atomic E-state index is 5.22. The molecule has 1 aliphatic rings. The highest BCUT2D eigenvalue weighted by Gasteiger charge is 2.20. The third-order valence-electron chi connectivity index (χ3n) is 3.83. The molecule has 3 rings (SSSR count). The first-order valence-electron chi connectivity index (χ1n) is 6.89. The van der Waals surface area contributed by atoms with E-state index >= 15 is 0 Å². The highest BCUT2D eigenvalue weighted by atomic mass is 16.5. The van der Waals surface area contributed by atoms with Gasteiger partial charge in [0.15, 0.2) is 0 Å². The van der Waals surface area contributed by atoms with Gasteiger partial charge in [0.2, 0.25) is 0 Å². The van der Waals surface area contributed by atoms with Crippen LogP contribution in [0.3, 0.4) is 0 Å². The van der Waals surface area contributed by atoms with Crippen LogP contribution in [0.2, 0.25) is 0 Å². The van der Waals surface area contributed by atoms with Gasteiger partial charge in [-0.25, -0.2) is 9.97 Å². The standard InChI is InChI=1S/C14H19N5O/c1-11-13(12(2)20-17-11)9-18-5-7-19(8-6-18)14-3-4-15-10-16-14/h3-4,10H,5-9H2,1-2H3. The second kappa shape index (κ2) is 5.58. The molecule has 6 heteroatoms. The summed E-state index contributed by atoms with van der Waals surface area (Å²) >= 11 is 0. The van der Waals surface area contributed by atoms with Crippen molar-refractivity contribution in [3.8, 4) is 0 Å². The molecule has 6 nitrogen and oxygen atoms in total. The Balaban J connectivity index is 1.59. The highest BCUT2D eigenvalue weighted by molar-refractivity contribution is 5.37. The monoisotopic (exact) mass is 273 g/mol. The molecule has 0 saturated carbocycles. The summed E-state index contributed by atoms with van der Waals surface area (Å²) in [4.78, 5) is 13.0. The van der Waals surface area contributed by atoms with Gasteiger partial charge in [0.05, 0.1) is 5.69 Å². The Morgan fingerprint density at radius 3 is 2.60 bits per heavy atom. The number of rotatable bonds is 3. The third kappa shape index (κ3) is 2.65. The van der Waals surface area contributed by atoms with Gasteiger partial charge in [-0.05, 0) is 19.9 Å². The maximum absolute atomic E-state index is 5.22. The zero-order valence-electron chi connectivity index (χ0n) is 11.9. The molecule has 2 aromatic rings. The van der Waals surface area contributed by atoms with Crippen LogP contribution < -0.4 is 4.90 Å². The summed E-state index contributed by atoms with van der Waals surface area (Å²) in [5, 5.41) is 4.02. The van der Waals surface area contributed by atoms with Crippen LogP contribution >= 0.6 is 0 Å². The molecule has 0 amide bonds. The minimum Gasteiger partial charge on any atom is -0.361 e. The second-order valence-corrected chi connectivity index (χ2v) is 5.13. The Kier molecular flexibility index (Phi) is 3.64. The highest BCUT2D eigenvalue weighted by Crippen LogP contribution is 2.17. The van der Waals surface area contributed by atoms with Gasteiger partial charge in [0, 0.05) is 44.5 Å². The van der Waals surface area contributed by atoms with Crippen molar-refractivity contribution in [1.82, 2.24) is 20.0 Å². The molecule has 0 unspecified atom stereocenters. The first-order valence-corrected chi connectivity index (χ1v) is 6.89. The average molecular weight is 273 g/mol. The van der Waals surface area contributed by atoms with Crippen LogP contribution in [-0.4, -0.2) is 46.2 Å². The van der Waals surface area contributed by atoms with Crippen molar-refractivity contribution in [3.05, 3.63) is 35.6 Å². The van der Waals surface area contributed by atoms with Gasteiger partial charge in [-0.3, -0.25) is 4.90 Å². The van der Waals surface area contributed by atoms with Crippen molar-refractivity contribution < 1.29 is 4.52 Å². The fourth-order valence-corrected chi connectivity index (χ4v) is 2.56. The molecule has 1 saturated heterocycles. The molecule has 2 aromatic heterocycles. The summed E-state index contributed by atoms with van der Waals surface area (Å²) in [6.45, 7) is 8.91. The molecule has 106 valence electrons. The molecular formula is C14H19N5O. The van der Waals surface area contributed by atoms with Gasteiger partial charge in [-0.2, -0.15) is 0 Å². The Bertz CT molecular complexity index is 541. The van der Waals surface area contributed by atoms with Gasteiger partial charge >= 0.3 is 0 Å². The predicted octanol–water partition coefficient (Wildman–Crippen LogP) is 1.40. The molecule has 1 aliphatic heterocycles. The summed E-state index contributed by atoms with van der Waals surface area (Å²) in [6.07, 6.45) is 3.39. The van der Waals surface area contributed by atoms with Crippen LogP contribution in [0, 0.1) is 13.8 Å². The van der Waals surface area contributed by atoms with E-state index in [4.69, 9.17) is 4.52 Å². The molecule has 0 aliphatic carbocycles. The van der Waals surface area contributed by atoms with E-state index in [1.54, 1.807) is 12.5 Å². The Morgan fingerprint density at radius 2 is 2.00 bits per heavy atom. The van der Waals surface area contributed by atoms with Crippen LogP contribution in [0.1, 0.15) is 17.0 Å². The van der Waals surface area contributed by atoms with E-state index in [9.17, 15) is 0 Å². The zero-order valence-corrected chi connectivity index (χ0v) is 11.9. The van der Waals surface area contributed by atoms with Crippen molar-refractivity contribution in [2.24, 2.45) is 0 Å². The van der Waals surface area contributed by atoms with Gasteiger partial charge in [0.1, 0.15) is 17.9 Å². The van der Waals surface area contributed by atoms with Crippen molar-refractivity contribution in [1.29, 1.82) is 0 Å². The molecule has 0 N–H and O–H groups in total. The third-order valence-corrected chi connectivity index (χ3v) is 3.83. The molecule has 0 aromatic carbocycles. The van der Waals surface area contributed by atoms with Crippen molar-refractivity contribution in [3.63, 3.8) is 0 Å². The van der Waals surface area contributed by atoms with Crippen molar-refractivity contribution >= 4 is 5.82 Å². The number of nitrogens with zero attached hydrogens (tertiary/aromatic N) is 5. The summed E-state index contributed by atoms with van der Waals surface area (Å²) < 4.78 is 5.22. The van der Waals surface area contributed by atoms with Crippen LogP contribution in [0.25, 0.3) is 0 Å². The molecule has 0 atom stereocenters. The van der Waals surface area contributed by atoms with Gasteiger partial charge in [0.25, 0.3) is 0 Å². The Labute approximate surface area is 118 Å². The molecule has 20 heavy (non-hydrogen) atoms. The molecular weight excluding hydrogens is 254 g/mol. The lowest BCUT2D eigenvalue weighted by Crippen LogP contribution is -2.46. The second-order valence-electron chi connectivity index (χ2n) is 5.13. The summed E-state index contributed by atoms with van der Waals surface area (Å²) in [7, 11) is 0. The fraction of sp³-hybridized carbons (Fsp3) is 0.500. The summed E-state index contributed by atoms with van der Waals surface area (Å²) in [5.41, 5.74) is 2.22. The van der Waals surface area contributed by atoms with E-state index in [2.05, 4.69) is 24.9 Å². The molecule has 3 heterocycles. The quantitative estimate of drug-likeness (QED) is 0.842. The van der Waals surface area contributed by atoms with Crippen LogP contribution in [0.5, 0.6) is 0 Å². The van der Waals surface area contributed by atoms with Crippen molar-refractivity contribution in [2.45, 2.75) is 20.4 Å². The lowest BCUT2D eigenvalue weighted by molar-refractivity contribution is 0.247. The first-order chi connectivity index (χ1) is 9.74.